The monoisotopic (exact) mass is 330 g/mol. The first-order valence-electron chi connectivity index (χ1n) is 9.36. The highest BCUT2D eigenvalue weighted by Crippen LogP contribution is 2.36. The van der Waals surface area contributed by atoms with Gasteiger partial charge in [0.2, 0.25) is 5.91 Å². The number of fused-ring (bicyclic) bond motifs is 1. The summed E-state index contributed by atoms with van der Waals surface area (Å²) in [5.41, 5.74) is 1.68. The number of aryl methyl sites for hydroxylation is 1. The van der Waals surface area contributed by atoms with Gasteiger partial charge in [0.25, 0.3) is 0 Å². The first-order valence-corrected chi connectivity index (χ1v) is 9.36. The first-order chi connectivity index (χ1) is 11.7. The van der Waals surface area contributed by atoms with E-state index < -0.39 is 0 Å². The Labute approximate surface area is 145 Å². The van der Waals surface area contributed by atoms with E-state index >= 15 is 0 Å². The number of ether oxygens (including phenoxy) is 1. The van der Waals surface area contributed by atoms with Crippen LogP contribution in [0.25, 0.3) is 0 Å². The summed E-state index contributed by atoms with van der Waals surface area (Å²) in [5, 5.41) is 3.61. The van der Waals surface area contributed by atoms with Crippen molar-refractivity contribution in [3.63, 3.8) is 0 Å². The lowest BCUT2D eigenvalue weighted by Crippen LogP contribution is -2.47. The highest BCUT2D eigenvalue weighted by atomic mass is 16.5. The Morgan fingerprint density at radius 1 is 1.17 bits per heavy atom. The summed E-state index contributed by atoms with van der Waals surface area (Å²) >= 11 is 0. The van der Waals surface area contributed by atoms with Gasteiger partial charge in [0, 0.05) is 33.1 Å². The lowest BCUT2D eigenvalue weighted by Gasteiger charge is -2.42. The third-order valence-corrected chi connectivity index (χ3v) is 5.68. The molecule has 1 spiro atoms. The summed E-state index contributed by atoms with van der Waals surface area (Å²) < 4.78 is 5.97. The molecule has 1 saturated heterocycles. The van der Waals surface area contributed by atoms with Crippen molar-refractivity contribution < 1.29 is 9.53 Å². The topological polar surface area (TPSA) is 41.6 Å². The van der Waals surface area contributed by atoms with Crippen molar-refractivity contribution >= 4 is 5.91 Å². The molecule has 1 aromatic rings. The zero-order chi connectivity index (χ0) is 16.8. The maximum absolute atomic E-state index is 11.6. The molecule has 24 heavy (non-hydrogen) atoms. The molecule has 0 unspecified atom stereocenters. The number of piperidine rings is 1. The number of nitrogens with one attached hydrogen (secondary N) is 1. The Morgan fingerprint density at radius 3 is 2.75 bits per heavy atom. The maximum Gasteiger partial charge on any atom is 0.219 e. The van der Waals surface area contributed by atoms with E-state index in [0.717, 1.165) is 51.2 Å². The van der Waals surface area contributed by atoms with Crippen LogP contribution in [-0.4, -0.2) is 43.6 Å². The van der Waals surface area contributed by atoms with Crippen LogP contribution in [0.4, 0.5) is 0 Å². The Hall–Kier alpha value is -1.55. The van der Waals surface area contributed by atoms with Crippen molar-refractivity contribution in [2.24, 2.45) is 5.41 Å². The van der Waals surface area contributed by atoms with Gasteiger partial charge in [-0.2, -0.15) is 0 Å². The Morgan fingerprint density at radius 2 is 1.96 bits per heavy atom. The summed E-state index contributed by atoms with van der Waals surface area (Å²) in [5.74, 6) is 1.26. The summed E-state index contributed by atoms with van der Waals surface area (Å²) in [6, 6.07) is 8.43. The largest absolute Gasteiger partial charge is 0.492 e. The number of benzene rings is 1. The predicted octanol–water partition coefficient (Wildman–Crippen LogP) is 3.01. The van der Waals surface area contributed by atoms with Crippen molar-refractivity contribution in [3.8, 4) is 5.75 Å². The molecule has 2 heterocycles. The molecule has 4 nitrogen and oxygen atoms in total. The third kappa shape index (κ3) is 4.29. The van der Waals surface area contributed by atoms with Crippen LogP contribution in [0.1, 0.15) is 44.6 Å². The van der Waals surface area contributed by atoms with E-state index in [2.05, 4.69) is 29.6 Å². The molecule has 0 aliphatic carbocycles. The van der Waals surface area contributed by atoms with Crippen molar-refractivity contribution in [1.29, 1.82) is 0 Å². The van der Waals surface area contributed by atoms with E-state index in [0.29, 0.717) is 12.0 Å². The summed E-state index contributed by atoms with van der Waals surface area (Å²) in [6.07, 6.45) is 7.05. The van der Waals surface area contributed by atoms with Crippen molar-refractivity contribution in [1.82, 2.24) is 10.2 Å². The van der Waals surface area contributed by atoms with E-state index in [1.54, 1.807) is 6.92 Å². The lowest BCUT2D eigenvalue weighted by atomic mass is 9.74. The molecule has 0 aromatic heterocycles. The number of carbonyl (C=O) groups excluding carboxylic acids is 1. The fourth-order valence-corrected chi connectivity index (χ4v) is 4.06. The SMILES string of the molecule is CC(=O)N1CCC2(CCCCc3ccccc3OCCNC2)CC1. The van der Waals surface area contributed by atoms with Gasteiger partial charge in [-0.05, 0) is 49.1 Å². The molecule has 4 heteroatoms. The minimum absolute atomic E-state index is 0.218. The number of hydrogen-bond acceptors (Lipinski definition) is 3. The molecule has 1 fully saturated rings. The van der Waals surface area contributed by atoms with E-state index in [9.17, 15) is 4.79 Å². The number of hydrogen-bond donors (Lipinski definition) is 1. The summed E-state index contributed by atoms with van der Waals surface area (Å²) in [6.45, 7) is 6.15. The number of para-hydroxylation sites is 1. The second kappa shape index (κ2) is 8.02. The Kier molecular flexibility index (Phi) is 5.77. The van der Waals surface area contributed by atoms with Crippen molar-refractivity contribution in [3.05, 3.63) is 29.8 Å². The van der Waals surface area contributed by atoms with Crippen LogP contribution in [0.3, 0.4) is 0 Å². The van der Waals surface area contributed by atoms with Crippen LogP contribution in [0.2, 0.25) is 0 Å². The minimum Gasteiger partial charge on any atom is -0.492 e. The van der Waals surface area contributed by atoms with E-state index in [-0.39, 0.29) is 5.91 Å². The Bertz CT molecular complexity index is 550. The fraction of sp³-hybridized carbons (Fsp3) is 0.650. The minimum atomic E-state index is 0.218. The summed E-state index contributed by atoms with van der Waals surface area (Å²) in [7, 11) is 0. The van der Waals surface area contributed by atoms with Crippen LogP contribution < -0.4 is 10.1 Å². The average Bonchev–Trinajstić information content (AvgIpc) is 2.59. The summed E-state index contributed by atoms with van der Waals surface area (Å²) in [4.78, 5) is 13.6. The van der Waals surface area contributed by atoms with Crippen LogP contribution in [0.15, 0.2) is 24.3 Å². The number of amides is 1. The molecule has 3 rings (SSSR count). The fourth-order valence-electron chi connectivity index (χ4n) is 4.06. The Balaban J connectivity index is 1.62. The van der Waals surface area contributed by atoms with E-state index in [1.165, 1.54) is 24.8 Å². The standard InChI is InChI=1S/C20H30N2O2/c1-17(23)22-13-10-20(11-14-22)9-5-4-7-18-6-2-3-8-19(18)24-15-12-21-16-20/h2-3,6,8,21H,4-5,7,9-16H2,1H3. The molecule has 0 radical (unpaired) electrons. The number of nitrogens with zero attached hydrogens (tertiary/aromatic N) is 1. The van der Waals surface area contributed by atoms with Gasteiger partial charge in [-0.15, -0.1) is 0 Å². The molecule has 0 atom stereocenters. The molecular weight excluding hydrogens is 300 g/mol. The predicted molar refractivity (Wildman–Crippen MR) is 96.3 cm³/mol. The zero-order valence-electron chi connectivity index (χ0n) is 14.9. The molecule has 132 valence electrons. The van der Waals surface area contributed by atoms with E-state index in [1.807, 2.05) is 4.90 Å². The van der Waals surface area contributed by atoms with Gasteiger partial charge in [0.05, 0.1) is 0 Å². The quantitative estimate of drug-likeness (QED) is 0.795. The van der Waals surface area contributed by atoms with Gasteiger partial charge < -0.3 is 15.0 Å². The van der Waals surface area contributed by atoms with Gasteiger partial charge in [-0.25, -0.2) is 0 Å². The van der Waals surface area contributed by atoms with Gasteiger partial charge >= 0.3 is 0 Å². The van der Waals surface area contributed by atoms with Gasteiger partial charge in [-0.1, -0.05) is 24.6 Å². The molecule has 0 saturated carbocycles. The molecule has 1 N–H and O–H groups in total. The van der Waals surface area contributed by atoms with Gasteiger partial charge in [0.15, 0.2) is 0 Å². The highest BCUT2D eigenvalue weighted by molar-refractivity contribution is 5.73. The molecule has 1 aromatic carbocycles. The van der Waals surface area contributed by atoms with Crippen LogP contribution >= 0.6 is 0 Å². The normalized spacial score (nSPS) is 22.0. The first kappa shape index (κ1) is 17.3. The van der Waals surface area contributed by atoms with Gasteiger partial charge in [0.1, 0.15) is 12.4 Å². The lowest BCUT2D eigenvalue weighted by molar-refractivity contribution is -0.131. The smallest absolute Gasteiger partial charge is 0.219 e. The van der Waals surface area contributed by atoms with Gasteiger partial charge in [-0.3, -0.25) is 4.79 Å². The van der Waals surface area contributed by atoms with Crippen LogP contribution in [0.5, 0.6) is 5.75 Å². The third-order valence-electron chi connectivity index (χ3n) is 5.68. The molecule has 0 bridgehead atoms. The molecular formula is C20H30N2O2. The highest BCUT2D eigenvalue weighted by Gasteiger charge is 2.34. The second-order valence-electron chi connectivity index (χ2n) is 7.35. The number of carbonyl (C=O) groups is 1. The number of likely N-dealkylation sites (tertiary alicyclic amines) is 1. The zero-order valence-corrected chi connectivity index (χ0v) is 14.9. The maximum atomic E-state index is 11.6. The van der Waals surface area contributed by atoms with Crippen molar-refractivity contribution in [2.75, 3.05) is 32.8 Å². The molecule has 2 aliphatic rings. The van der Waals surface area contributed by atoms with Crippen LogP contribution in [0, 0.1) is 5.41 Å². The van der Waals surface area contributed by atoms with Crippen molar-refractivity contribution in [2.45, 2.75) is 45.4 Å². The average molecular weight is 330 g/mol. The number of rotatable bonds is 0. The van der Waals surface area contributed by atoms with E-state index in [4.69, 9.17) is 4.74 Å². The van der Waals surface area contributed by atoms with Crippen LogP contribution in [-0.2, 0) is 11.2 Å². The second-order valence-corrected chi connectivity index (χ2v) is 7.35. The molecule has 1 amide bonds. The molecule has 2 aliphatic heterocycles.